The zero-order valence-electron chi connectivity index (χ0n) is 15.3. The van der Waals surface area contributed by atoms with Crippen LogP contribution in [0.15, 0.2) is 11.1 Å². The molecule has 0 N–H and O–H groups in total. The summed E-state index contributed by atoms with van der Waals surface area (Å²) < 4.78 is 5.72. The highest BCUT2D eigenvalue weighted by molar-refractivity contribution is 5.87. The maximum absolute atomic E-state index is 12.5. The lowest BCUT2D eigenvalue weighted by molar-refractivity contribution is -0.134. The third-order valence-corrected chi connectivity index (χ3v) is 8.14. The second-order valence-electron chi connectivity index (χ2n) is 9.06. The van der Waals surface area contributed by atoms with Crippen LogP contribution in [0.2, 0.25) is 0 Å². The van der Waals surface area contributed by atoms with Gasteiger partial charge < -0.3 is 4.74 Å². The fourth-order valence-electron chi connectivity index (χ4n) is 6.99. The van der Waals surface area contributed by atoms with E-state index in [4.69, 9.17) is 4.74 Å². The minimum absolute atomic E-state index is 0.0582. The van der Waals surface area contributed by atoms with Crippen molar-refractivity contribution in [2.24, 2.45) is 28.6 Å². The summed E-state index contributed by atoms with van der Waals surface area (Å²) in [6.07, 6.45) is 7.37. The number of ether oxygens (including phenoxy) is 1. The van der Waals surface area contributed by atoms with Crippen molar-refractivity contribution in [1.29, 1.82) is 0 Å². The number of ketones is 2. The molecule has 4 aliphatic rings. The molecule has 3 fully saturated rings. The van der Waals surface area contributed by atoms with Crippen molar-refractivity contribution >= 4 is 11.6 Å². The van der Waals surface area contributed by atoms with Gasteiger partial charge >= 0.3 is 0 Å². The third-order valence-electron chi connectivity index (χ3n) is 8.14. The highest BCUT2D eigenvalue weighted by Crippen LogP contribution is 2.65. The van der Waals surface area contributed by atoms with Gasteiger partial charge in [-0.3, -0.25) is 9.59 Å². The lowest BCUT2D eigenvalue weighted by Crippen LogP contribution is -2.53. The van der Waals surface area contributed by atoms with Crippen molar-refractivity contribution in [1.82, 2.24) is 0 Å². The van der Waals surface area contributed by atoms with Gasteiger partial charge in [-0.2, -0.15) is 0 Å². The number of rotatable bonds is 2. The van der Waals surface area contributed by atoms with Crippen molar-refractivity contribution in [3.8, 4) is 0 Å². The first-order valence-electron chi connectivity index (χ1n) is 9.65. The summed E-state index contributed by atoms with van der Waals surface area (Å²) in [6, 6.07) is 0. The molecule has 0 spiro atoms. The summed E-state index contributed by atoms with van der Waals surface area (Å²) in [5, 5.41) is 0. The number of hydrogen-bond donors (Lipinski definition) is 0. The van der Waals surface area contributed by atoms with Crippen LogP contribution in [0.1, 0.15) is 65.2 Å². The van der Waals surface area contributed by atoms with E-state index >= 15 is 0 Å². The van der Waals surface area contributed by atoms with Gasteiger partial charge in [0.1, 0.15) is 11.6 Å². The fraction of sp³-hybridized carbons (Fsp3) is 0.810. The average Bonchev–Trinajstić information content (AvgIpc) is 2.85. The van der Waals surface area contributed by atoms with Crippen LogP contribution in [0.3, 0.4) is 0 Å². The second kappa shape index (κ2) is 5.52. The lowest BCUT2D eigenvalue weighted by Gasteiger charge is -2.58. The Morgan fingerprint density at radius 3 is 2.67 bits per heavy atom. The van der Waals surface area contributed by atoms with Gasteiger partial charge in [0.2, 0.25) is 0 Å². The van der Waals surface area contributed by atoms with Crippen LogP contribution < -0.4 is 0 Å². The summed E-state index contributed by atoms with van der Waals surface area (Å²) in [5.74, 6) is 2.62. The van der Waals surface area contributed by atoms with Gasteiger partial charge in [0.25, 0.3) is 0 Å². The van der Waals surface area contributed by atoms with E-state index in [0.717, 1.165) is 45.1 Å². The Bertz CT molecular complexity index is 619. The number of Topliss-reactive ketones (excluding diaryl/α,β-unsaturated/α-hetero) is 2. The second-order valence-corrected chi connectivity index (χ2v) is 9.06. The molecule has 4 aliphatic carbocycles. The van der Waals surface area contributed by atoms with E-state index in [0.29, 0.717) is 42.2 Å². The fourth-order valence-corrected chi connectivity index (χ4v) is 6.99. The van der Waals surface area contributed by atoms with E-state index in [1.807, 2.05) is 0 Å². The van der Waals surface area contributed by atoms with E-state index < -0.39 is 0 Å². The molecule has 0 aromatic carbocycles. The molecule has 3 saturated carbocycles. The van der Waals surface area contributed by atoms with Crippen molar-refractivity contribution in [3.63, 3.8) is 0 Å². The van der Waals surface area contributed by atoms with Gasteiger partial charge in [0.15, 0.2) is 0 Å². The van der Waals surface area contributed by atoms with E-state index in [1.165, 1.54) is 11.1 Å². The van der Waals surface area contributed by atoms with E-state index in [-0.39, 0.29) is 10.8 Å². The highest BCUT2D eigenvalue weighted by Gasteiger charge is 2.60. The van der Waals surface area contributed by atoms with Crippen LogP contribution >= 0.6 is 0 Å². The Labute approximate surface area is 145 Å². The summed E-state index contributed by atoms with van der Waals surface area (Å²) in [7, 11) is 1.80. The van der Waals surface area contributed by atoms with Gasteiger partial charge in [-0.25, -0.2) is 0 Å². The predicted molar refractivity (Wildman–Crippen MR) is 92.5 cm³/mol. The van der Waals surface area contributed by atoms with Crippen LogP contribution in [0.5, 0.6) is 0 Å². The molecular weight excluding hydrogens is 300 g/mol. The molecule has 0 aromatic rings. The van der Waals surface area contributed by atoms with Crippen molar-refractivity contribution in [2.45, 2.75) is 65.2 Å². The number of carbonyl (C=O) groups excluding carboxylic acids is 2. The van der Waals surface area contributed by atoms with E-state index in [9.17, 15) is 9.59 Å². The van der Waals surface area contributed by atoms with Crippen LogP contribution in [-0.4, -0.2) is 25.3 Å². The monoisotopic (exact) mass is 330 g/mol. The van der Waals surface area contributed by atoms with Crippen molar-refractivity contribution in [2.75, 3.05) is 13.7 Å². The first-order valence-corrected chi connectivity index (χ1v) is 9.65. The van der Waals surface area contributed by atoms with Crippen LogP contribution in [0, 0.1) is 28.6 Å². The number of allylic oxidation sites excluding steroid dienone is 1. The van der Waals surface area contributed by atoms with Gasteiger partial charge in [-0.15, -0.1) is 0 Å². The van der Waals surface area contributed by atoms with Gasteiger partial charge in [0.05, 0.1) is 6.61 Å². The summed E-state index contributed by atoms with van der Waals surface area (Å²) in [6.45, 7) is 5.20. The Balaban J connectivity index is 1.78. The summed E-state index contributed by atoms with van der Waals surface area (Å²) >= 11 is 0. The van der Waals surface area contributed by atoms with E-state index in [1.54, 1.807) is 7.11 Å². The standard InChI is InChI=1S/C21H30O3/c1-13-10-15-16-4-5-19(23)20(16,2)8-7-17(15)21(12-24-3)9-6-14(22)11-18(13)21/h15-17H,4-12H2,1-3H3/t15-,16-,17+,20-,21-/m0/s1. The molecule has 0 heterocycles. The first-order chi connectivity index (χ1) is 11.4. The van der Waals surface area contributed by atoms with Crippen molar-refractivity contribution < 1.29 is 14.3 Å². The van der Waals surface area contributed by atoms with Crippen molar-refractivity contribution in [3.05, 3.63) is 11.1 Å². The number of hydrogen-bond acceptors (Lipinski definition) is 3. The largest absolute Gasteiger partial charge is 0.384 e. The molecule has 5 atom stereocenters. The lowest BCUT2D eigenvalue weighted by atomic mass is 9.46. The molecule has 24 heavy (non-hydrogen) atoms. The van der Waals surface area contributed by atoms with Crippen LogP contribution in [0.25, 0.3) is 0 Å². The topological polar surface area (TPSA) is 43.4 Å². The molecular formula is C21H30O3. The van der Waals surface area contributed by atoms with Crippen LogP contribution in [-0.2, 0) is 14.3 Å². The molecule has 0 unspecified atom stereocenters. The highest BCUT2D eigenvalue weighted by atomic mass is 16.5. The smallest absolute Gasteiger partial charge is 0.139 e. The zero-order chi connectivity index (χ0) is 17.1. The minimum atomic E-state index is -0.0856. The molecule has 4 rings (SSSR count). The normalized spacial score (nSPS) is 45.0. The zero-order valence-corrected chi connectivity index (χ0v) is 15.3. The Kier molecular flexibility index (Phi) is 3.80. The molecule has 0 radical (unpaired) electrons. The molecule has 0 amide bonds. The molecule has 0 bridgehead atoms. The van der Waals surface area contributed by atoms with E-state index in [2.05, 4.69) is 13.8 Å². The van der Waals surface area contributed by atoms with Crippen LogP contribution in [0.4, 0.5) is 0 Å². The Hall–Kier alpha value is -0.960. The first kappa shape index (κ1) is 16.5. The molecule has 3 nitrogen and oxygen atoms in total. The minimum Gasteiger partial charge on any atom is -0.384 e. The molecule has 0 saturated heterocycles. The molecule has 0 aliphatic heterocycles. The number of fused-ring (bicyclic) bond motifs is 5. The average molecular weight is 330 g/mol. The predicted octanol–water partition coefficient (Wildman–Crippen LogP) is 4.10. The van der Waals surface area contributed by atoms with Gasteiger partial charge in [0, 0.05) is 37.2 Å². The van der Waals surface area contributed by atoms with Gasteiger partial charge in [-0.1, -0.05) is 18.1 Å². The molecule has 0 aromatic heterocycles. The third kappa shape index (κ3) is 2.06. The molecule has 3 heteroatoms. The Morgan fingerprint density at radius 2 is 1.92 bits per heavy atom. The molecule has 132 valence electrons. The SMILES string of the molecule is COC[C@]12CCC(=O)CC1=C(C)C[C@@H]1[C@H]2CC[C@]2(C)C(=O)CC[C@@H]12. The summed E-state index contributed by atoms with van der Waals surface area (Å²) in [5.41, 5.74) is 2.79. The summed E-state index contributed by atoms with van der Waals surface area (Å²) in [4.78, 5) is 24.7. The number of carbonyl (C=O) groups is 2. The Morgan fingerprint density at radius 1 is 1.12 bits per heavy atom. The maximum atomic E-state index is 12.5. The quantitative estimate of drug-likeness (QED) is 0.716. The number of methoxy groups -OCH3 is 1. The maximum Gasteiger partial charge on any atom is 0.139 e. The van der Waals surface area contributed by atoms with Gasteiger partial charge in [-0.05, 0) is 56.8 Å².